The van der Waals surface area contributed by atoms with Gasteiger partial charge in [0.2, 0.25) is 0 Å². The fourth-order valence-electron chi connectivity index (χ4n) is 1.81. The molecular formula is C11H14NO2+. The van der Waals surface area contributed by atoms with Crippen LogP contribution in [0.4, 0.5) is 0 Å². The quantitative estimate of drug-likeness (QED) is 0.585. The normalized spacial score (nSPS) is 23.9. The molecule has 0 N–H and O–H groups in total. The molecule has 1 heterocycles. The second kappa shape index (κ2) is 2.82. The molecule has 0 radical (unpaired) electrons. The Hall–Kier alpha value is -1.35. The van der Waals surface area contributed by atoms with E-state index in [0.717, 1.165) is 11.3 Å². The van der Waals surface area contributed by atoms with E-state index in [4.69, 9.17) is 4.84 Å². The summed E-state index contributed by atoms with van der Waals surface area (Å²) in [5, 5.41) is 0. The molecule has 1 aliphatic heterocycles. The van der Waals surface area contributed by atoms with Gasteiger partial charge in [-0.15, -0.1) is 0 Å². The number of rotatable bonds is 0. The summed E-state index contributed by atoms with van der Waals surface area (Å²) in [5.41, 5.74) is 0.981. The van der Waals surface area contributed by atoms with Crippen LogP contribution < -0.4 is 4.84 Å². The SMILES string of the molecule is CC1C(=O)[N+](C)(C)Oc2ccccc21. The van der Waals surface area contributed by atoms with Gasteiger partial charge in [0.15, 0.2) is 5.75 Å². The number of hydrogen-bond donors (Lipinski definition) is 0. The van der Waals surface area contributed by atoms with Crippen LogP contribution in [0.3, 0.4) is 0 Å². The summed E-state index contributed by atoms with van der Waals surface area (Å²) in [4.78, 5) is 17.4. The van der Waals surface area contributed by atoms with Crippen molar-refractivity contribution in [2.24, 2.45) is 0 Å². The third-order valence-corrected chi connectivity index (χ3v) is 2.61. The van der Waals surface area contributed by atoms with Crippen LogP contribution in [0.5, 0.6) is 5.75 Å². The predicted molar refractivity (Wildman–Crippen MR) is 52.6 cm³/mol. The first kappa shape index (κ1) is 9.21. The maximum atomic E-state index is 11.9. The molecule has 0 saturated heterocycles. The zero-order chi connectivity index (χ0) is 10.3. The van der Waals surface area contributed by atoms with Crippen molar-refractivity contribution in [2.75, 3.05) is 14.1 Å². The number of likely N-dealkylation sites (N-methyl/N-ethyl adjacent to an activating group) is 1. The Labute approximate surface area is 83.4 Å². The number of nitrogens with zero attached hydrogens (tertiary/aromatic N) is 1. The van der Waals surface area contributed by atoms with Crippen molar-refractivity contribution >= 4 is 5.91 Å². The number of carbonyl (C=O) groups is 1. The molecule has 0 saturated carbocycles. The van der Waals surface area contributed by atoms with E-state index in [9.17, 15) is 4.79 Å². The fourth-order valence-corrected chi connectivity index (χ4v) is 1.81. The summed E-state index contributed by atoms with van der Waals surface area (Å²) >= 11 is 0. The van der Waals surface area contributed by atoms with Crippen molar-refractivity contribution in [3.63, 3.8) is 0 Å². The van der Waals surface area contributed by atoms with Crippen LogP contribution in [0, 0.1) is 0 Å². The first-order chi connectivity index (χ1) is 6.52. The third-order valence-electron chi connectivity index (χ3n) is 2.61. The Morgan fingerprint density at radius 1 is 1.29 bits per heavy atom. The van der Waals surface area contributed by atoms with Gasteiger partial charge in [0.1, 0.15) is 20.0 Å². The molecule has 0 aliphatic carbocycles. The molecule has 1 aromatic carbocycles. The maximum Gasteiger partial charge on any atom is 0.361 e. The van der Waals surface area contributed by atoms with Gasteiger partial charge < -0.3 is 4.84 Å². The van der Waals surface area contributed by atoms with Crippen LogP contribution in [-0.2, 0) is 4.79 Å². The summed E-state index contributed by atoms with van der Waals surface area (Å²) < 4.78 is -0.0296. The molecular weight excluding hydrogens is 178 g/mol. The van der Waals surface area contributed by atoms with E-state index in [1.165, 1.54) is 0 Å². The van der Waals surface area contributed by atoms with Gasteiger partial charge in [-0.2, -0.15) is 0 Å². The Bertz CT molecular complexity index is 385. The first-order valence-electron chi connectivity index (χ1n) is 4.69. The van der Waals surface area contributed by atoms with Crippen molar-refractivity contribution in [3.05, 3.63) is 29.8 Å². The van der Waals surface area contributed by atoms with Gasteiger partial charge in [0.05, 0.1) is 0 Å². The van der Waals surface area contributed by atoms with Crippen LogP contribution in [-0.4, -0.2) is 24.6 Å². The van der Waals surface area contributed by atoms with E-state index in [1.54, 1.807) is 14.1 Å². The van der Waals surface area contributed by atoms with Crippen LogP contribution in [0.2, 0.25) is 0 Å². The van der Waals surface area contributed by atoms with E-state index in [-0.39, 0.29) is 16.5 Å². The number of para-hydroxylation sites is 1. The Balaban J connectivity index is 2.53. The van der Waals surface area contributed by atoms with E-state index >= 15 is 0 Å². The highest BCUT2D eigenvalue weighted by Crippen LogP contribution is 2.34. The van der Waals surface area contributed by atoms with Gasteiger partial charge in [0, 0.05) is 5.56 Å². The van der Waals surface area contributed by atoms with Crippen LogP contribution >= 0.6 is 0 Å². The van der Waals surface area contributed by atoms with Crippen LogP contribution in [0.25, 0.3) is 0 Å². The molecule has 3 heteroatoms. The van der Waals surface area contributed by atoms with Gasteiger partial charge in [-0.25, -0.2) is 4.79 Å². The topological polar surface area (TPSA) is 26.3 Å². The lowest BCUT2D eigenvalue weighted by Gasteiger charge is -2.32. The van der Waals surface area contributed by atoms with E-state index < -0.39 is 0 Å². The minimum Gasteiger partial charge on any atom is -0.308 e. The molecule has 3 nitrogen and oxygen atoms in total. The Morgan fingerprint density at radius 2 is 1.93 bits per heavy atom. The minimum atomic E-state index is -0.0880. The van der Waals surface area contributed by atoms with Gasteiger partial charge in [-0.05, 0) is 13.0 Å². The average molecular weight is 192 g/mol. The van der Waals surface area contributed by atoms with Gasteiger partial charge in [-0.1, -0.05) is 22.8 Å². The number of benzene rings is 1. The lowest BCUT2D eigenvalue weighted by atomic mass is 9.97. The number of amides is 1. The van der Waals surface area contributed by atoms with Gasteiger partial charge in [0.25, 0.3) is 0 Å². The average Bonchev–Trinajstić information content (AvgIpc) is 2.14. The summed E-state index contributed by atoms with van der Waals surface area (Å²) in [5.74, 6) is 0.809. The maximum absolute atomic E-state index is 11.9. The van der Waals surface area contributed by atoms with E-state index in [0.29, 0.717) is 0 Å². The molecule has 1 unspecified atom stereocenters. The lowest BCUT2D eigenvalue weighted by molar-refractivity contribution is -0.984. The second-order valence-electron chi connectivity index (χ2n) is 4.04. The van der Waals surface area contributed by atoms with E-state index in [2.05, 4.69) is 0 Å². The number of quaternary nitrogens is 1. The molecule has 0 aromatic heterocycles. The Morgan fingerprint density at radius 3 is 2.64 bits per heavy atom. The summed E-state index contributed by atoms with van der Waals surface area (Å²) in [6.07, 6.45) is 0. The molecule has 0 fully saturated rings. The molecule has 74 valence electrons. The zero-order valence-corrected chi connectivity index (χ0v) is 8.65. The summed E-state index contributed by atoms with van der Waals surface area (Å²) in [6.45, 7) is 1.92. The molecule has 1 amide bonds. The lowest BCUT2D eigenvalue weighted by Crippen LogP contribution is -2.53. The standard InChI is InChI=1S/C11H14NO2/c1-8-9-6-4-5-7-10(9)14-12(2,3)11(8)13/h4-8H,1-3H3/q+1. The second-order valence-corrected chi connectivity index (χ2v) is 4.04. The molecule has 0 spiro atoms. The highest BCUT2D eigenvalue weighted by molar-refractivity contribution is 5.79. The molecule has 1 atom stereocenters. The zero-order valence-electron chi connectivity index (χ0n) is 8.65. The number of fused-ring (bicyclic) bond motifs is 1. The Kier molecular flexibility index (Phi) is 1.86. The number of hydrogen-bond acceptors (Lipinski definition) is 2. The molecule has 14 heavy (non-hydrogen) atoms. The van der Waals surface area contributed by atoms with Crippen molar-refractivity contribution in [1.82, 2.24) is 0 Å². The largest absolute Gasteiger partial charge is 0.361 e. The van der Waals surface area contributed by atoms with Crippen molar-refractivity contribution < 1.29 is 14.3 Å². The predicted octanol–water partition coefficient (Wildman–Crippen LogP) is 1.70. The molecule has 1 aromatic rings. The molecule has 1 aliphatic rings. The van der Waals surface area contributed by atoms with E-state index in [1.807, 2.05) is 31.2 Å². The van der Waals surface area contributed by atoms with Crippen LogP contribution in [0.1, 0.15) is 18.4 Å². The highest BCUT2D eigenvalue weighted by Gasteiger charge is 2.41. The highest BCUT2D eigenvalue weighted by atomic mass is 16.7. The first-order valence-corrected chi connectivity index (χ1v) is 4.69. The summed E-state index contributed by atoms with van der Waals surface area (Å²) in [7, 11) is 3.52. The number of carbonyl (C=O) groups excluding carboxylic acids is 1. The number of hydroxylamine groups is 3. The van der Waals surface area contributed by atoms with Crippen molar-refractivity contribution in [2.45, 2.75) is 12.8 Å². The van der Waals surface area contributed by atoms with Gasteiger partial charge in [-0.3, -0.25) is 0 Å². The third kappa shape index (κ3) is 1.21. The summed E-state index contributed by atoms with van der Waals surface area (Å²) in [6, 6.07) is 7.69. The van der Waals surface area contributed by atoms with Crippen molar-refractivity contribution in [1.29, 1.82) is 0 Å². The van der Waals surface area contributed by atoms with Crippen LogP contribution in [0.15, 0.2) is 24.3 Å². The minimum absolute atomic E-state index is 0.0296. The molecule has 0 bridgehead atoms. The monoisotopic (exact) mass is 192 g/mol. The smallest absolute Gasteiger partial charge is 0.308 e. The fraction of sp³-hybridized carbons (Fsp3) is 0.364. The van der Waals surface area contributed by atoms with Crippen molar-refractivity contribution in [3.8, 4) is 5.75 Å². The van der Waals surface area contributed by atoms with Gasteiger partial charge >= 0.3 is 5.91 Å². The molecule has 2 rings (SSSR count).